The van der Waals surface area contributed by atoms with Gasteiger partial charge in [-0.1, -0.05) is 36.4 Å². The van der Waals surface area contributed by atoms with Crippen molar-refractivity contribution < 1.29 is 23.1 Å². The number of ether oxygens (including phenoxy) is 1. The molecule has 0 spiro atoms. The van der Waals surface area contributed by atoms with Crippen molar-refractivity contribution in [3.63, 3.8) is 0 Å². The van der Waals surface area contributed by atoms with Crippen LogP contribution in [0.3, 0.4) is 0 Å². The second kappa shape index (κ2) is 13.9. The Bertz CT molecular complexity index is 935. The van der Waals surface area contributed by atoms with Crippen molar-refractivity contribution in [2.75, 3.05) is 19.8 Å². The Morgan fingerprint density at radius 1 is 1.00 bits per heavy atom. The van der Waals surface area contributed by atoms with Crippen LogP contribution in [0.4, 0.5) is 0 Å². The zero-order valence-corrected chi connectivity index (χ0v) is 19.2. The third-order valence-corrected chi connectivity index (χ3v) is 5.47. The second-order valence-corrected chi connectivity index (χ2v) is 8.31. The standard InChI is InChI=1S/C24H31N2O5P/c27-32(28)31-15-7-13-25-17-21-11-12-24(22(16-21)23-18-29-19-26-23)30-14-6-2-5-10-20-8-3-1-4-9-20/h1,3-4,8-9,11-12,16,18-19,25,32H,2,5-7,10,13-15,17H2,(H,27,28). The summed E-state index contributed by atoms with van der Waals surface area (Å²) in [6.07, 6.45) is 8.06. The second-order valence-electron chi connectivity index (χ2n) is 7.49. The number of nitrogens with zero attached hydrogens (tertiary/aromatic N) is 1. The van der Waals surface area contributed by atoms with Crippen molar-refractivity contribution in [3.05, 3.63) is 72.3 Å². The molecule has 3 rings (SSSR count). The van der Waals surface area contributed by atoms with Crippen molar-refractivity contribution in [3.8, 4) is 17.0 Å². The van der Waals surface area contributed by atoms with Crippen LogP contribution in [0.15, 0.2) is 65.6 Å². The molecule has 1 unspecified atom stereocenters. The van der Waals surface area contributed by atoms with Gasteiger partial charge in [-0.2, -0.15) is 0 Å². The van der Waals surface area contributed by atoms with Crippen LogP contribution < -0.4 is 10.1 Å². The molecule has 1 heterocycles. The lowest BCUT2D eigenvalue weighted by molar-refractivity contribution is 0.276. The molecule has 0 radical (unpaired) electrons. The number of rotatable bonds is 15. The van der Waals surface area contributed by atoms with E-state index in [4.69, 9.17) is 14.0 Å². The predicted molar refractivity (Wildman–Crippen MR) is 125 cm³/mol. The summed E-state index contributed by atoms with van der Waals surface area (Å²) in [6.45, 7) is 2.28. The van der Waals surface area contributed by atoms with Gasteiger partial charge in [-0.05, 0) is 61.9 Å². The Morgan fingerprint density at radius 2 is 1.88 bits per heavy atom. The maximum Gasteiger partial charge on any atom is 0.316 e. The average molecular weight is 458 g/mol. The van der Waals surface area contributed by atoms with Crippen LogP contribution >= 0.6 is 8.25 Å². The van der Waals surface area contributed by atoms with E-state index in [0.717, 1.165) is 48.3 Å². The summed E-state index contributed by atoms with van der Waals surface area (Å²) in [7, 11) is -2.84. The molecule has 0 fully saturated rings. The Kier molecular flexibility index (Phi) is 10.5. The van der Waals surface area contributed by atoms with E-state index >= 15 is 0 Å². The summed E-state index contributed by atoms with van der Waals surface area (Å²) in [4.78, 5) is 12.9. The van der Waals surface area contributed by atoms with Crippen molar-refractivity contribution >= 4 is 8.25 Å². The van der Waals surface area contributed by atoms with Gasteiger partial charge >= 0.3 is 8.25 Å². The van der Waals surface area contributed by atoms with Crippen molar-refractivity contribution in [1.29, 1.82) is 0 Å². The summed E-state index contributed by atoms with van der Waals surface area (Å²) in [5.41, 5.74) is 4.12. The maximum absolute atomic E-state index is 10.5. The van der Waals surface area contributed by atoms with Gasteiger partial charge in [-0.3, -0.25) is 4.57 Å². The molecule has 0 aliphatic carbocycles. The predicted octanol–water partition coefficient (Wildman–Crippen LogP) is 5.01. The minimum absolute atomic E-state index is 0.267. The van der Waals surface area contributed by atoms with E-state index in [1.165, 1.54) is 12.0 Å². The molecule has 0 saturated heterocycles. The Hall–Kier alpha value is -2.44. The molecule has 1 atom stereocenters. The maximum atomic E-state index is 10.5. The number of aromatic nitrogens is 1. The van der Waals surface area contributed by atoms with Crippen LogP contribution in [0.2, 0.25) is 0 Å². The first kappa shape index (κ1) is 24.2. The molecule has 172 valence electrons. The van der Waals surface area contributed by atoms with Gasteiger partial charge in [-0.15, -0.1) is 0 Å². The number of hydrogen-bond donors (Lipinski definition) is 2. The highest BCUT2D eigenvalue weighted by Crippen LogP contribution is 2.30. The highest BCUT2D eigenvalue weighted by molar-refractivity contribution is 7.32. The SMILES string of the molecule is O=[PH](O)OCCCNCc1ccc(OCCCCCc2ccccc2)c(-c2cocn2)c1. The highest BCUT2D eigenvalue weighted by Gasteiger charge is 2.11. The number of oxazole rings is 1. The number of hydrogen-bond acceptors (Lipinski definition) is 6. The van der Waals surface area contributed by atoms with Gasteiger partial charge in [0.2, 0.25) is 0 Å². The zero-order chi connectivity index (χ0) is 22.4. The number of benzene rings is 2. The molecular formula is C24H31N2O5P. The van der Waals surface area contributed by atoms with Gasteiger partial charge < -0.3 is 23.9 Å². The van der Waals surface area contributed by atoms with Gasteiger partial charge in [0.15, 0.2) is 6.39 Å². The van der Waals surface area contributed by atoms with Crippen molar-refractivity contribution in [2.45, 2.75) is 38.6 Å². The fraction of sp³-hybridized carbons (Fsp3) is 0.375. The lowest BCUT2D eigenvalue weighted by Gasteiger charge is -2.12. The zero-order valence-electron chi connectivity index (χ0n) is 18.2. The van der Waals surface area contributed by atoms with E-state index < -0.39 is 8.25 Å². The fourth-order valence-corrected chi connectivity index (χ4v) is 3.70. The van der Waals surface area contributed by atoms with Gasteiger partial charge in [0, 0.05) is 12.1 Å². The first-order chi connectivity index (χ1) is 15.7. The fourth-order valence-electron chi connectivity index (χ4n) is 3.38. The van der Waals surface area contributed by atoms with E-state index in [0.29, 0.717) is 26.1 Å². The Balaban J connectivity index is 1.45. The molecule has 8 heteroatoms. The molecule has 0 aliphatic rings. The van der Waals surface area contributed by atoms with Crippen LogP contribution in [-0.4, -0.2) is 29.6 Å². The van der Waals surface area contributed by atoms with Crippen molar-refractivity contribution in [2.24, 2.45) is 0 Å². The molecule has 3 aromatic rings. The molecule has 0 aliphatic heterocycles. The van der Waals surface area contributed by atoms with E-state index in [1.807, 2.05) is 18.2 Å². The molecule has 2 aromatic carbocycles. The van der Waals surface area contributed by atoms with Gasteiger partial charge in [0.25, 0.3) is 0 Å². The summed E-state index contributed by atoms with van der Waals surface area (Å²) in [5.74, 6) is 0.798. The molecule has 32 heavy (non-hydrogen) atoms. The first-order valence-corrected chi connectivity index (χ1v) is 12.2. The monoisotopic (exact) mass is 458 g/mol. The number of nitrogens with one attached hydrogen (secondary N) is 1. The van der Waals surface area contributed by atoms with Gasteiger partial charge in [-0.25, -0.2) is 4.98 Å². The Labute approximate surface area is 189 Å². The minimum Gasteiger partial charge on any atom is -0.493 e. The quantitative estimate of drug-likeness (QED) is 0.244. The van der Waals surface area contributed by atoms with E-state index in [-0.39, 0.29) is 6.61 Å². The van der Waals surface area contributed by atoms with E-state index in [1.54, 1.807) is 6.26 Å². The molecule has 0 bridgehead atoms. The lowest BCUT2D eigenvalue weighted by Crippen LogP contribution is -2.16. The van der Waals surface area contributed by atoms with Gasteiger partial charge in [0.05, 0.1) is 13.2 Å². The largest absolute Gasteiger partial charge is 0.493 e. The third-order valence-electron chi connectivity index (χ3n) is 5.01. The summed E-state index contributed by atoms with van der Waals surface area (Å²) in [5, 5.41) is 3.31. The van der Waals surface area contributed by atoms with Crippen LogP contribution in [0.25, 0.3) is 11.3 Å². The lowest BCUT2D eigenvalue weighted by atomic mass is 10.1. The van der Waals surface area contributed by atoms with Crippen molar-refractivity contribution in [1.82, 2.24) is 10.3 Å². The first-order valence-electron chi connectivity index (χ1n) is 11.0. The summed E-state index contributed by atoms with van der Waals surface area (Å²) < 4.78 is 26.5. The molecule has 1 aromatic heterocycles. The summed E-state index contributed by atoms with van der Waals surface area (Å²) in [6, 6.07) is 16.6. The Morgan fingerprint density at radius 3 is 2.66 bits per heavy atom. The normalized spacial score (nSPS) is 12.0. The molecule has 2 N–H and O–H groups in total. The molecule has 0 amide bonds. The van der Waals surface area contributed by atoms with E-state index in [2.05, 4.69) is 45.2 Å². The van der Waals surface area contributed by atoms with Gasteiger partial charge in [0.1, 0.15) is 17.7 Å². The van der Waals surface area contributed by atoms with Crippen LogP contribution in [0.1, 0.15) is 36.8 Å². The van der Waals surface area contributed by atoms with Crippen LogP contribution in [-0.2, 0) is 22.1 Å². The number of unbranched alkanes of at least 4 members (excludes halogenated alkanes) is 2. The topological polar surface area (TPSA) is 93.8 Å². The van der Waals surface area contributed by atoms with E-state index in [9.17, 15) is 4.57 Å². The van der Waals surface area contributed by atoms with Crippen LogP contribution in [0, 0.1) is 0 Å². The molecular weight excluding hydrogens is 427 g/mol. The summed E-state index contributed by atoms with van der Waals surface area (Å²) >= 11 is 0. The van der Waals surface area contributed by atoms with Crippen LogP contribution in [0.5, 0.6) is 5.75 Å². The smallest absolute Gasteiger partial charge is 0.316 e. The molecule has 7 nitrogen and oxygen atoms in total. The minimum atomic E-state index is -2.84. The highest BCUT2D eigenvalue weighted by atomic mass is 31.1. The number of aryl methyl sites for hydroxylation is 1. The molecule has 0 saturated carbocycles. The average Bonchev–Trinajstić information content (AvgIpc) is 3.34. The third kappa shape index (κ3) is 8.60.